The number of carbonyl (C=O) groups excluding carboxylic acids is 1. The molecule has 0 saturated carbocycles. The van der Waals surface area contributed by atoms with Crippen molar-refractivity contribution >= 4 is 5.91 Å². The van der Waals surface area contributed by atoms with E-state index in [-0.39, 0.29) is 5.91 Å². The first kappa shape index (κ1) is 15.8. The Morgan fingerprint density at radius 1 is 1.46 bits per heavy atom. The third-order valence-corrected chi connectivity index (χ3v) is 3.96. The monoisotopic (exact) mass is 322 g/mol. The molecule has 0 radical (unpaired) electrons. The summed E-state index contributed by atoms with van der Waals surface area (Å²) in [4.78, 5) is 15.5. The van der Waals surface area contributed by atoms with Crippen LogP contribution in [0.25, 0.3) is 11.3 Å². The van der Waals surface area contributed by atoms with Gasteiger partial charge >= 0.3 is 0 Å². The average molecular weight is 322 g/mol. The fourth-order valence-electron chi connectivity index (χ4n) is 2.62. The van der Waals surface area contributed by atoms with Crippen LogP contribution in [0.15, 0.2) is 52.6 Å². The summed E-state index contributed by atoms with van der Waals surface area (Å²) in [7, 11) is 1.73. The van der Waals surface area contributed by atoms with E-state index in [1.165, 1.54) is 0 Å². The van der Waals surface area contributed by atoms with Crippen LogP contribution in [0.1, 0.15) is 12.1 Å². The number of nitriles is 1. The Bertz CT molecular complexity index is 789. The molecule has 1 aliphatic rings. The molecule has 1 amide bonds. The number of likely N-dealkylation sites (N-methyl/N-ethyl adjacent to an activating group) is 1. The molecule has 1 aromatic carbocycles. The standard InChI is InChI=1S/C18H18N4O2/c1-21(18(23)9-14-7-8-22(11-14)13-19)12-16-10-17(24-20-16)15-5-3-2-4-6-15/h2-6,9-10H,7-8,11-12H2,1H3. The van der Waals surface area contributed by atoms with E-state index < -0.39 is 0 Å². The molecule has 0 aliphatic carbocycles. The number of benzene rings is 1. The largest absolute Gasteiger partial charge is 0.356 e. The van der Waals surface area contributed by atoms with Gasteiger partial charge in [0.2, 0.25) is 5.91 Å². The van der Waals surface area contributed by atoms with Gasteiger partial charge in [-0.05, 0) is 12.0 Å². The maximum Gasteiger partial charge on any atom is 0.246 e. The highest BCUT2D eigenvalue weighted by atomic mass is 16.5. The Labute approximate surface area is 140 Å². The Balaban J connectivity index is 1.62. The zero-order chi connectivity index (χ0) is 16.9. The summed E-state index contributed by atoms with van der Waals surface area (Å²) >= 11 is 0. The van der Waals surface area contributed by atoms with Gasteiger partial charge in [-0.25, -0.2) is 0 Å². The van der Waals surface area contributed by atoms with Crippen molar-refractivity contribution in [2.75, 3.05) is 20.1 Å². The molecule has 24 heavy (non-hydrogen) atoms. The molecule has 0 unspecified atom stereocenters. The summed E-state index contributed by atoms with van der Waals surface area (Å²) < 4.78 is 5.35. The van der Waals surface area contributed by atoms with E-state index in [2.05, 4.69) is 11.3 Å². The molecular formula is C18H18N4O2. The number of hydrogen-bond acceptors (Lipinski definition) is 5. The van der Waals surface area contributed by atoms with E-state index in [9.17, 15) is 4.79 Å². The quantitative estimate of drug-likeness (QED) is 0.638. The minimum Gasteiger partial charge on any atom is -0.356 e. The van der Waals surface area contributed by atoms with Crippen LogP contribution in [0.3, 0.4) is 0 Å². The van der Waals surface area contributed by atoms with Gasteiger partial charge in [-0.1, -0.05) is 35.5 Å². The van der Waals surface area contributed by atoms with Gasteiger partial charge in [0.15, 0.2) is 12.0 Å². The Kier molecular flexibility index (Phi) is 4.62. The number of rotatable bonds is 4. The maximum absolute atomic E-state index is 12.3. The molecule has 1 fully saturated rings. The van der Waals surface area contributed by atoms with Gasteiger partial charge in [0.25, 0.3) is 0 Å². The highest BCUT2D eigenvalue weighted by Gasteiger charge is 2.17. The molecule has 1 saturated heterocycles. The van der Waals surface area contributed by atoms with Gasteiger partial charge in [-0.15, -0.1) is 0 Å². The number of nitrogens with zero attached hydrogens (tertiary/aromatic N) is 4. The molecule has 1 aliphatic heterocycles. The summed E-state index contributed by atoms with van der Waals surface area (Å²) in [5.74, 6) is 0.597. The fourth-order valence-corrected chi connectivity index (χ4v) is 2.62. The molecule has 122 valence electrons. The first-order valence-corrected chi connectivity index (χ1v) is 7.76. The van der Waals surface area contributed by atoms with Crippen molar-refractivity contribution in [2.45, 2.75) is 13.0 Å². The van der Waals surface area contributed by atoms with Gasteiger partial charge in [-0.2, -0.15) is 5.26 Å². The van der Waals surface area contributed by atoms with Crippen LogP contribution in [0, 0.1) is 11.5 Å². The smallest absolute Gasteiger partial charge is 0.246 e. The molecule has 6 heteroatoms. The van der Waals surface area contributed by atoms with Gasteiger partial charge in [0.1, 0.15) is 5.69 Å². The summed E-state index contributed by atoms with van der Waals surface area (Å²) in [5.41, 5.74) is 2.64. The molecule has 0 bridgehead atoms. The van der Waals surface area contributed by atoms with Crippen molar-refractivity contribution in [3.63, 3.8) is 0 Å². The lowest BCUT2D eigenvalue weighted by Crippen LogP contribution is -2.25. The molecule has 0 atom stereocenters. The second-order valence-electron chi connectivity index (χ2n) is 5.82. The molecule has 1 aromatic heterocycles. The zero-order valence-corrected chi connectivity index (χ0v) is 13.5. The third-order valence-electron chi connectivity index (χ3n) is 3.96. The predicted octanol–water partition coefficient (Wildman–Crippen LogP) is 2.41. The molecule has 0 N–H and O–H groups in total. The lowest BCUT2D eigenvalue weighted by atomic mass is 10.1. The van der Waals surface area contributed by atoms with Crippen LogP contribution >= 0.6 is 0 Å². The van der Waals surface area contributed by atoms with Gasteiger partial charge in [0.05, 0.1) is 6.54 Å². The van der Waals surface area contributed by atoms with Crippen LogP contribution in [-0.4, -0.2) is 41.0 Å². The third kappa shape index (κ3) is 3.63. The van der Waals surface area contributed by atoms with Gasteiger partial charge < -0.3 is 14.3 Å². The van der Waals surface area contributed by atoms with Crippen molar-refractivity contribution in [3.8, 4) is 17.5 Å². The summed E-state index contributed by atoms with van der Waals surface area (Å²) in [5, 5.41) is 12.9. The Morgan fingerprint density at radius 2 is 2.25 bits per heavy atom. The minimum absolute atomic E-state index is 0.0888. The highest BCUT2D eigenvalue weighted by molar-refractivity contribution is 5.88. The van der Waals surface area contributed by atoms with E-state index in [0.717, 1.165) is 17.6 Å². The van der Waals surface area contributed by atoms with E-state index in [0.29, 0.717) is 31.1 Å². The second-order valence-corrected chi connectivity index (χ2v) is 5.82. The first-order chi connectivity index (χ1) is 11.7. The number of likely N-dealkylation sites (tertiary alicyclic amines) is 1. The molecule has 6 nitrogen and oxygen atoms in total. The fraction of sp³-hybridized carbons (Fsp3) is 0.278. The zero-order valence-electron chi connectivity index (χ0n) is 13.5. The number of aromatic nitrogens is 1. The first-order valence-electron chi connectivity index (χ1n) is 7.76. The normalized spacial score (nSPS) is 15.5. The lowest BCUT2D eigenvalue weighted by Gasteiger charge is -2.13. The predicted molar refractivity (Wildman–Crippen MR) is 88.3 cm³/mol. The van der Waals surface area contributed by atoms with E-state index in [4.69, 9.17) is 9.78 Å². The number of amides is 1. The van der Waals surface area contributed by atoms with Crippen molar-refractivity contribution in [1.82, 2.24) is 15.0 Å². The lowest BCUT2D eigenvalue weighted by molar-refractivity contribution is -0.125. The van der Waals surface area contributed by atoms with Crippen LogP contribution in [-0.2, 0) is 11.3 Å². The van der Waals surface area contributed by atoms with Crippen molar-refractivity contribution in [2.24, 2.45) is 0 Å². The van der Waals surface area contributed by atoms with Crippen molar-refractivity contribution in [1.29, 1.82) is 5.26 Å². The summed E-state index contributed by atoms with van der Waals surface area (Å²) in [6, 6.07) is 11.6. The molecule has 0 spiro atoms. The second kappa shape index (κ2) is 7.01. The molecule has 3 rings (SSSR count). The van der Waals surface area contributed by atoms with Crippen molar-refractivity contribution < 1.29 is 9.32 Å². The molecule has 2 heterocycles. The van der Waals surface area contributed by atoms with Crippen molar-refractivity contribution in [3.05, 3.63) is 53.7 Å². The summed E-state index contributed by atoms with van der Waals surface area (Å²) in [6.07, 6.45) is 4.48. The van der Waals surface area contributed by atoms with E-state index in [1.54, 1.807) is 22.9 Å². The Morgan fingerprint density at radius 3 is 2.96 bits per heavy atom. The summed E-state index contributed by atoms with van der Waals surface area (Å²) in [6.45, 7) is 1.60. The van der Waals surface area contributed by atoms with Gasteiger partial charge in [0, 0.05) is 37.8 Å². The molecular weight excluding hydrogens is 304 g/mol. The SMILES string of the molecule is CN(Cc1cc(-c2ccccc2)on1)C(=O)C=C1CCN(C#N)C1. The van der Waals surface area contributed by atoms with E-state index >= 15 is 0 Å². The molecule has 2 aromatic rings. The van der Waals surface area contributed by atoms with Gasteiger partial charge in [-0.3, -0.25) is 4.79 Å². The highest BCUT2D eigenvalue weighted by Crippen LogP contribution is 2.20. The van der Waals surface area contributed by atoms with Crippen LogP contribution in [0.2, 0.25) is 0 Å². The number of hydrogen-bond donors (Lipinski definition) is 0. The van der Waals surface area contributed by atoms with Crippen LogP contribution in [0.4, 0.5) is 0 Å². The Hall–Kier alpha value is -3.07. The minimum atomic E-state index is -0.0888. The topological polar surface area (TPSA) is 73.4 Å². The maximum atomic E-state index is 12.3. The van der Waals surface area contributed by atoms with Crippen LogP contribution in [0.5, 0.6) is 0 Å². The average Bonchev–Trinajstić information content (AvgIpc) is 3.25. The van der Waals surface area contributed by atoms with Crippen LogP contribution < -0.4 is 0 Å². The number of carbonyl (C=O) groups is 1. The van der Waals surface area contributed by atoms with E-state index in [1.807, 2.05) is 36.4 Å².